The van der Waals surface area contributed by atoms with E-state index in [2.05, 4.69) is 28.8 Å². The molecule has 0 amide bonds. The van der Waals surface area contributed by atoms with Crippen LogP contribution in [-0.2, 0) is 13.5 Å². The first kappa shape index (κ1) is 12.6. The molecule has 2 rings (SSSR count). The van der Waals surface area contributed by atoms with Gasteiger partial charge in [-0.2, -0.15) is 0 Å². The third-order valence-electron chi connectivity index (χ3n) is 3.98. The van der Waals surface area contributed by atoms with Gasteiger partial charge in [-0.05, 0) is 38.1 Å². The normalized spacial score (nSPS) is 24.4. The van der Waals surface area contributed by atoms with Crippen molar-refractivity contribution in [2.75, 3.05) is 6.54 Å². The first-order chi connectivity index (χ1) is 8.31. The quantitative estimate of drug-likeness (QED) is 0.821. The molecular weight excluding hydrogens is 210 g/mol. The summed E-state index contributed by atoms with van der Waals surface area (Å²) in [5.41, 5.74) is 0. The summed E-state index contributed by atoms with van der Waals surface area (Å²) < 4.78 is 2.14. The Kier molecular flexibility index (Phi) is 4.60. The molecule has 1 fully saturated rings. The van der Waals surface area contributed by atoms with Crippen molar-refractivity contribution in [1.82, 2.24) is 14.9 Å². The lowest BCUT2D eigenvalue weighted by atomic mass is 9.97. The van der Waals surface area contributed by atoms with Crippen molar-refractivity contribution >= 4 is 0 Å². The summed E-state index contributed by atoms with van der Waals surface area (Å²) in [6.07, 6.45) is 11.7. The van der Waals surface area contributed by atoms with E-state index in [0.29, 0.717) is 0 Å². The maximum atomic E-state index is 4.41. The summed E-state index contributed by atoms with van der Waals surface area (Å²) in [6, 6.07) is 0.759. The maximum Gasteiger partial charge on any atom is 0.108 e. The SMILES string of the molecule is CCCNC1CCCC1CCc1nccn1C. The molecule has 3 heteroatoms. The van der Waals surface area contributed by atoms with Gasteiger partial charge in [0.25, 0.3) is 0 Å². The van der Waals surface area contributed by atoms with Crippen LogP contribution in [0.3, 0.4) is 0 Å². The van der Waals surface area contributed by atoms with E-state index < -0.39 is 0 Å². The van der Waals surface area contributed by atoms with Gasteiger partial charge in [0.1, 0.15) is 5.82 Å². The van der Waals surface area contributed by atoms with Crippen LogP contribution in [0.15, 0.2) is 12.4 Å². The number of hydrogen-bond acceptors (Lipinski definition) is 2. The number of rotatable bonds is 6. The highest BCUT2D eigenvalue weighted by Gasteiger charge is 2.26. The minimum Gasteiger partial charge on any atom is -0.338 e. The van der Waals surface area contributed by atoms with Crippen LogP contribution >= 0.6 is 0 Å². The van der Waals surface area contributed by atoms with Crippen molar-refractivity contribution in [2.45, 2.75) is 51.5 Å². The lowest BCUT2D eigenvalue weighted by molar-refractivity contribution is 0.376. The van der Waals surface area contributed by atoms with E-state index >= 15 is 0 Å². The van der Waals surface area contributed by atoms with Gasteiger partial charge in [0.15, 0.2) is 0 Å². The molecule has 1 aromatic heterocycles. The molecule has 0 spiro atoms. The Hall–Kier alpha value is -0.830. The fraction of sp³-hybridized carbons (Fsp3) is 0.786. The van der Waals surface area contributed by atoms with E-state index in [1.54, 1.807) is 0 Å². The van der Waals surface area contributed by atoms with Gasteiger partial charge in [0.2, 0.25) is 0 Å². The molecule has 17 heavy (non-hydrogen) atoms. The zero-order valence-electron chi connectivity index (χ0n) is 11.2. The molecule has 0 aromatic carbocycles. The molecule has 1 aliphatic rings. The Morgan fingerprint density at radius 2 is 2.35 bits per heavy atom. The van der Waals surface area contributed by atoms with Crippen LogP contribution in [0, 0.1) is 5.92 Å². The minimum atomic E-state index is 0.759. The van der Waals surface area contributed by atoms with Crippen molar-refractivity contribution in [2.24, 2.45) is 13.0 Å². The molecule has 1 N–H and O–H groups in total. The van der Waals surface area contributed by atoms with Gasteiger partial charge in [-0.3, -0.25) is 0 Å². The molecule has 0 bridgehead atoms. The molecule has 2 atom stereocenters. The number of hydrogen-bond donors (Lipinski definition) is 1. The van der Waals surface area contributed by atoms with Crippen LogP contribution in [0.1, 0.15) is 44.9 Å². The van der Waals surface area contributed by atoms with Crippen molar-refractivity contribution in [1.29, 1.82) is 0 Å². The van der Waals surface area contributed by atoms with Gasteiger partial charge in [0.05, 0.1) is 0 Å². The molecule has 1 aliphatic carbocycles. The monoisotopic (exact) mass is 235 g/mol. The van der Waals surface area contributed by atoms with Crippen molar-refractivity contribution in [3.8, 4) is 0 Å². The molecule has 1 aromatic rings. The summed E-state index contributed by atoms with van der Waals surface area (Å²) in [7, 11) is 2.09. The topological polar surface area (TPSA) is 29.9 Å². The number of imidazole rings is 1. The fourth-order valence-electron chi connectivity index (χ4n) is 2.93. The zero-order valence-corrected chi connectivity index (χ0v) is 11.2. The Balaban J connectivity index is 1.80. The lowest BCUT2D eigenvalue weighted by Crippen LogP contribution is -2.33. The third-order valence-corrected chi connectivity index (χ3v) is 3.98. The van der Waals surface area contributed by atoms with Crippen molar-refractivity contribution in [3.05, 3.63) is 18.2 Å². The molecule has 0 radical (unpaired) electrons. The summed E-state index contributed by atoms with van der Waals surface area (Å²) in [6.45, 7) is 3.41. The molecule has 2 unspecified atom stereocenters. The Morgan fingerprint density at radius 3 is 3.06 bits per heavy atom. The molecular formula is C14H25N3. The second-order valence-corrected chi connectivity index (χ2v) is 5.24. The predicted molar refractivity (Wildman–Crippen MR) is 71.0 cm³/mol. The first-order valence-electron chi connectivity index (χ1n) is 7.01. The van der Waals surface area contributed by atoms with E-state index in [1.165, 1.54) is 44.5 Å². The van der Waals surface area contributed by atoms with Gasteiger partial charge >= 0.3 is 0 Å². The average Bonchev–Trinajstić information content (AvgIpc) is 2.93. The number of nitrogens with zero attached hydrogens (tertiary/aromatic N) is 2. The fourth-order valence-corrected chi connectivity index (χ4v) is 2.93. The molecule has 96 valence electrons. The summed E-state index contributed by atoms with van der Waals surface area (Å²) >= 11 is 0. The highest BCUT2D eigenvalue weighted by molar-refractivity contribution is 4.93. The highest BCUT2D eigenvalue weighted by Crippen LogP contribution is 2.29. The van der Waals surface area contributed by atoms with Gasteiger partial charge in [-0.25, -0.2) is 4.98 Å². The molecule has 0 saturated heterocycles. The van der Waals surface area contributed by atoms with Gasteiger partial charge in [0, 0.05) is 31.9 Å². The Morgan fingerprint density at radius 1 is 1.47 bits per heavy atom. The van der Waals surface area contributed by atoms with Crippen LogP contribution in [-0.4, -0.2) is 22.1 Å². The zero-order chi connectivity index (χ0) is 12.1. The molecule has 3 nitrogen and oxygen atoms in total. The minimum absolute atomic E-state index is 0.759. The second kappa shape index (κ2) is 6.20. The number of nitrogens with one attached hydrogen (secondary N) is 1. The Labute approximate surface area is 105 Å². The van der Waals surface area contributed by atoms with Gasteiger partial charge in [-0.15, -0.1) is 0 Å². The summed E-state index contributed by atoms with van der Waals surface area (Å²) in [5.74, 6) is 2.09. The smallest absolute Gasteiger partial charge is 0.108 e. The van der Waals surface area contributed by atoms with Gasteiger partial charge < -0.3 is 9.88 Å². The van der Waals surface area contributed by atoms with Crippen molar-refractivity contribution < 1.29 is 0 Å². The predicted octanol–water partition coefficient (Wildman–Crippen LogP) is 2.52. The Bertz CT molecular complexity index is 332. The number of aromatic nitrogens is 2. The molecule has 1 saturated carbocycles. The van der Waals surface area contributed by atoms with Gasteiger partial charge in [-0.1, -0.05) is 13.3 Å². The van der Waals surface area contributed by atoms with E-state index in [-0.39, 0.29) is 0 Å². The molecule has 1 heterocycles. The highest BCUT2D eigenvalue weighted by atomic mass is 15.0. The van der Waals surface area contributed by atoms with Crippen LogP contribution in [0.2, 0.25) is 0 Å². The van der Waals surface area contributed by atoms with Crippen molar-refractivity contribution in [3.63, 3.8) is 0 Å². The second-order valence-electron chi connectivity index (χ2n) is 5.24. The van der Waals surface area contributed by atoms with Crippen LogP contribution in [0.25, 0.3) is 0 Å². The average molecular weight is 235 g/mol. The maximum absolute atomic E-state index is 4.41. The van der Waals surface area contributed by atoms with Crippen LogP contribution in [0.4, 0.5) is 0 Å². The lowest BCUT2D eigenvalue weighted by Gasteiger charge is -2.20. The molecule has 0 aliphatic heterocycles. The van der Waals surface area contributed by atoms with Crippen LogP contribution in [0.5, 0.6) is 0 Å². The first-order valence-corrected chi connectivity index (χ1v) is 7.01. The summed E-state index contributed by atoms with van der Waals surface area (Å²) in [5, 5.41) is 3.70. The summed E-state index contributed by atoms with van der Waals surface area (Å²) in [4.78, 5) is 4.41. The van der Waals surface area contributed by atoms with E-state index in [1.807, 2.05) is 12.4 Å². The number of aryl methyl sites for hydroxylation is 2. The largest absolute Gasteiger partial charge is 0.338 e. The standard InChI is InChI=1S/C14H25N3/c1-3-9-15-13-6-4-5-12(13)7-8-14-16-10-11-17(14)2/h10-13,15H,3-9H2,1-2H3. The van der Waals surface area contributed by atoms with E-state index in [0.717, 1.165) is 18.4 Å². The third kappa shape index (κ3) is 3.32. The van der Waals surface area contributed by atoms with E-state index in [9.17, 15) is 0 Å². The van der Waals surface area contributed by atoms with Crippen LogP contribution < -0.4 is 5.32 Å². The van der Waals surface area contributed by atoms with E-state index in [4.69, 9.17) is 0 Å².